The number of aryl methyl sites for hydroxylation is 1. The first-order valence-electron chi connectivity index (χ1n) is 9.17. The van der Waals surface area contributed by atoms with Crippen molar-refractivity contribution >= 4 is 5.91 Å². The number of amides is 1. The van der Waals surface area contributed by atoms with Gasteiger partial charge in [-0.15, -0.1) is 0 Å². The second-order valence-corrected chi connectivity index (χ2v) is 7.46. The molecule has 1 saturated heterocycles. The van der Waals surface area contributed by atoms with E-state index >= 15 is 0 Å². The quantitative estimate of drug-likeness (QED) is 0.914. The van der Waals surface area contributed by atoms with Gasteiger partial charge in [0.1, 0.15) is 0 Å². The minimum Gasteiger partial charge on any atom is -0.351 e. The van der Waals surface area contributed by atoms with Crippen molar-refractivity contribution in [2.75, 3.05) is 13.1 Å². The summed E-state index contributed by atoms with van der Waals surface area (Å²) in [4.78, 5) is 18.9. The standard InChI is InChI=1S/C21H25N3O/c1-15-2-4-17(5-3-15)19-13-24(12-16-8-10-22-11-9-16)14-20(19)23-21(25)18-6-7-18/h2-5,8-11,18-20H,6-7,12-14H2,1H3,(H,23,25)/t19-,20+/m0/s1. The predicted molar refractivity (Wildman–Crippen MR) is 98.1 cm³/mol. The lowest BCUT2D eigenvalue weighted by Crippen LogP contribution is -2.40. The largest absolute Gasteiger partial charge is 0.351 e. The number of rotatable bonds is 5. The second kappa shape index (κ2) is 6.96. The van der Waals surface area contributed by atoms with Gasteiger partial charge in [-0.25, -0.2) is 0 Å². The molecule has 0 bridgehead atoms. The van der Waals surface area contributed by atoms with E-state index in [2.05, 4.69) is 58.5 Å². The molecule has 1 aliphatic carbocycles. The van der Waals surface area contributed by atoms with E-state index in [1.165, 1.54) is 16.7 Å². The summed E-state index contributed by atoms with van der Waals surface area (Å²) >= 11 is 0. The van der Waals surface area contributed by atoms with E-state index in [1.807, 2.05) is 12.4 Å². The third-order valence-corrected chi connectivity index (χ3v) is 5.33. The summed E-state index contributed by atoms with van der Waals surface area (Å²) in [6, 6.07) is 13.1. The highest BCUT2D eigenvalue weighted by Crippen LogP contribution is 2.32. The van der Waals surface area contributed by atoms with Gasteiger partial charge in [0.15, 0.2) is 0 Å². The molecular weight excluding hydrogens is 310 g/mol. The Bertz CT molecular complexity index is 725. The fraction of sp³-hybridized carbons (Fsp3) is 0.429. The maximum Gasteiger partial charge on any atom is 0.223 e. The van der Waals surface area contributed by atoms with Crippen LogP contribution in [0.1, 0.15) is 35.4 Å². The number of hydrogen-bond donors (Lipinski definition) is 1. The molecule has 1 N–H and O–H groups in total. The number of pyridine rings is 1. The van der Waals surface area contributed by atoms with Gasteiger partial charge in [-0.1, -0.05) is 29.8 Å². The molecule has 2 fully saturated rings. The summed E-state index contributed by atoms with van der Waals surface area (Å²) in [5.74, 6) is 0.853. The molecule has 4 heteroatoms. The molecule has 1 saturated carbocycles. The molecule has 4 rings (SSSR count). The van der Waals surface area contributed by atoms with Crippen LogP contribution >= 0.6 is 0 Å². The van der Waals surface area contributed by atoms with Crippen molar-refractivity contribution in [2.45, 2.75) is 38.3 Å². The van der Waals surface area contributed by atoms with Gasteiger partial charge in [-0.2, -0.15) is 0 Å². The van der Waals surface area contributed by atoms with Gasteiger partial charge in [-0.05, 0) is 43.0 Å². The zero-order valence-corrected chi connectivity index (χ0v) is 14.7. The zero-order valence-electron chi connectivity index (χ0n) is 14.7. The Morgan fingerprint density at radius 2 is 1.84 bits per heavy atom. The number of aromatic nitrogens is 1. The van der Waals surface area contributed by atoms with Crippen molar-refractivity contribution in [2.24, 2.45) is 5.92 Å². The molecule has 0 radical (unpaired) electrons. The van der Waals surface area contributed by atoms with E-state index in [0.29, 0.717) is 5.92 Å². The Kier molecular flexibility index (Phi) is 4.53. The van der Waals surface area contributed by atoms with Gasteiger partial charge in [0.05, 0.1) is 0 Å². The first-order chi connectivity index (χ1) is 12.2. The normalized spacial score (nSPS) is 23.6. The molecule has 2 atom stereocenters. The molecule has 2 aliphatic rings. The lowest BCUT2D eigenvalue weighted by atomic mass is 9.93. The van der Waals surface area contributed by atoms with Gasteiger partial charge >= 0.3 is 0 Å². The first-order valence-corrected chi connectivity index (χ1v) is 9.17. The number of likely N-dealkylation sites (tertiary alicyclic amines) is 1. The van der Waals surface area contributed by atoms with E-state index in [0.717, 1.165) is 32.5 Å². The van der Waals surface area contributed by atoms with Crippen molar-refractivity contribution in [1.82, 2.24) is 15.2 Å². The van der Waals surface area contributed by atoms with Gasteiger partial charge in [0.25, 0.3) is 0 Å². The molecule has 1 aromatic heterocycles. The fourth-order valence-electron chi connectivity index (χ4n) is 3.70. The average Bonchev–Trinajstić information content (AvgIpc) is 3.40. The molecule has 130 valence electrons. The van der Waals surface area contributed by atoms with E-state index < -0.39 is 0 Å². The number of carbonyl (C=O) groups is 1. The Labute approximate surface area is 149 Å². The molecule has 2 heterocycles. The molecule has 4 nitrogen and oxygen atoms in total. The molecule has 2 aromatic rings. The number of carbonyl (C=O) groups excluding carboxylic acids is 1. The maximum atomic E-state index is 12.3. The average molecular weight is 335 g/mol. The summed E-state index contributed by atoms with van der Waals surface area (Å²) in [6.45, 7) is 4.89. The molecule has 1 aliphatic heterocycles. The number of hydrogen-bond acceptors (Lipinski definition) is 3. The van der Waals surface area contributed by atoms with Crippen LogP contribution in [0.15, 0.2) is 48.8 Å². The number of nitrogens with one attached hydrogen (secondary N) is 1. The number of benzene rings is 1. The van der Waals surface area contributed by atoms with Crippen LogP contribution in [0, 0.1) is 12.8 Å². The van der Waals surface area contributed by atoms with E-state index in [9.17, 15) is 4.79 Å². The van der Waals surface area contributed by atoms with Crippen LogP contribution in [0.5, 0.6) is 0 Å². The Hall–Kier alpha value is -2.20. The van der Waals surface area contributed by atoms with E-state index in [4.69, 9.17) is 0 Å². The zero-order chi connectivity index (χ0) is 17.2. The molecule has 1 aromatic carbocycles. The smallest absolute Gasteiger partial charge is 0.223 e. The van der Waals surface area contributed by atoms with Gasteiger partial charge in [0, 0.05) is 49.9 Å². The molecule has 0 spiro atoms. The third kappa shape index (κ3) is 3.90. The summed E-state index contributed by atoms with van der Waals surface area (Å²) < 4.78 is 0. The molecule has 25 heavy (non-hydrogen) atoms. The Balaban J connectivity index is 1.50. The van der Waals surface area contributed by atoms with Crippen molar-refractivity contribution in [3.8, 4) is 0 Å². The highest BCUT2D eigenvalue weighted by molar-refractivity contribution is 5.81. The van der Waals surface area contributed by atoms with Crippen LogP contribution in [-0.4, -0.2) is 34.9 Å². The summed E-state index contributed by atoms with van der Waals surface area (Å²) in [5, 5.41) is 3.33. The van der Waals surface area contributed by atoms with Crippen molar-refractivity contribution in [1.29, 1.82) is 0 Å². The van der Waals surface area contributed by atoms with Crippen molar-refractivity contribution in [3.63, 3.8) is 0 Å². The highest BCUT2D eigenvalue weighted by atomic mass is 16.2. The van der Waals surface area contributed by atoms with Crippen molar-refractivity contribution < 1.29 is 4.79 Å². The van der Waals surface area contributed by atoms with E-state index in [1.54, 1.807) is 0 Å². The van der Waals surface area contributed by atoms with Crippen LogP contribution in [0.3, 0.4) is 0 Å². The van der Waals surface area contributed by atoms with Crippen LogP contribution in [-0.2, 0) is 11.3 Å². The molecule has 1 amide bonds. The molecule has 0 unspecified atom stereocenters. The van der Waals surface area contributed by atoms with Crippen LogP contribution < -0.4 is 5.32 Å². The lowest BCUT2D eigenvalue weighted by Gasteiger charge is -2.20. The lowest BCUT2D eigenvalue weighted by molar-refractivity contribution is -0.123. The minimum atomic E-state index is 0.192. The third-order valence-electron chi connectivity index (χ3n) is 5.33. The van der Waals surface area contributed by atoms with Gasteiger partial charge < -0.3 is 5.32 Å². The van der Waals surface area contributed by atoms with Gasteiger partial charge in [-0.3, -0.25) is 14.7 Å². The first kappa shape index (κ1) is 16.3. The summed E-state index contributed by atoms with van der Waals surface area (Å²) in [6.07, 6.45) is 5.79. The summed E-state index contributed by atoms with van der Waals surface area (Å²) in [7, 11) is 0. The highest BCUT2D eigenvalue weighted by Gasteiger charge is 2.38. The Morgan fingerprint density at radius 3 is 2.52 bits per heavy atom. The van der Waals surface area contributed by atoms with Crippen molar-refractivity contribution in [3.05, 3.63) is 65.5 Å². The SMILES string of the molecule is Cc1ccc([C@@H]2CN(Cc3ccncc3)C[C@H]2NC(=O)C2CC2)cc1. The van der Waals surface area contributed by atoms with Gasteiger partial charge in [0.2, 0.25) is 5.91 Å². The number of nitrogens with zero attached hydrogens (tertiary/aromatic N) is 2. The minimum absolute atomic E-state index is 0.192. The van der Waals surface area contributed by atoms with E-state index in [-0.39, 0.29) is 17.9 Å². The predicted octanol–water partition coefficient (Wildman–Crippen LogP) is 2.88. The van der Waals surface area contributed by atoms with Crippen LogP contribution in [0.4, 0.5) is 0 Å². The fourth-order valence-corrected chi connectivity index (χ4v) is 3.70. The van der Waals surface area contributed by atoms with Crippen LogP contribution in [0.2, 0.25) is 0 Å². The van der Waals surface area contributed by atoms with Crippen LogP contribution in [0.25, 0.3) is 0 Å². The second-order valence-electron chi connectivity index (χ2n) is 7.46. The molecular formula is C21H25N3O. The topological polar surface area (TPSA) is 45.2 Å². The maximum absolute atomic E-state index is 12.3. The monoisotopic (exact) mass is 335 g/mol. The summed E-state index contributed by atoms with van der Waals surface area (Å²) in [5.41, 5.74) is 3.87. The Morgan fingerprint density at radius 1 is 1.12 bits per heavy atom.